The Hall–Kier alpha value is -3.97. The van der Waals surface area contributed by atoms with E-state index in [0.717, 1.165) is 11.1 Å². The van der Waals surface area contributed by atoms with E-state index in [1.165, 1.54) is 0 Å². The molecule has 0 radical (unpaired) electrons. The molecule has 2 aliphatic heterocycles. The Morgan fingerprint density at radius 3 is 2.27 bits per heavy atom. The van der Waals surface area contributed by atoms with E-state index in [0.29, 0.717) is 51.7 Å². The molecule has 166 valence electrons. The van der Waals surface area contributed by atoms with E-state index in [9.17, 15) is 15.0 Å². The summed E-state index contributed by atoms with van der Waals surface area (Å²) < 4.78 is 21.9. The number of aliphatic carboxylic acids is 1. The van der Waals surface area contributed by atoms with Crippen LogP contribution in [0.5, 0.6) is 23.0 Å². The largest absolute Gasteiger partial charge is 0.478 e. The Morgan fingerprint density at radius 1 is 0.909 bits per heavy atom. The highest BCUT2D eigenvalue weighted by molar-refractivity contribution is 6.08. The minimum absolute atomic E-state index is 0.0812. The summed E-state index contributed by atoms with van der Waals surface area (Å²) in [4.78, 5) is 12.8. The number of fused-ring (bicyclic) bond motifs is 3. The molecule has 7 nitrogen and oxygen atoms in total. The lowest BCUT2D eigenvalue weighted by atomic mass is 9.82. The molecule has 3 aliphatic rings. The van der Waals surface area contributed by atoms with Gasteiger partial charge >= 0.3 is 5.97 Å². The molecule has 6 rings (SSSR count). The summed E-state index contributed by atoms with van der Waals surface area (Å²) in [7, 11) is 0. The standard InChI is InChI=1S/C26H20O7/c1-2-14-4-3-5-17-22(14)23(15-6-8-18-20(10-15)32-12-30-18)24(25(27)28)26(17,29)16-7-9-19-21(11-16)33-13-31-19/h3-11,29H,2,12-13H2,1H3,(H,27,28). The van der Waals surface area contributed by atoms with Gasteiger partial charge in [0, 0.05) is 11.1 Å². The maximum atomic E-state index is 12.8. The van der Waals surface area contributed by atoms with Crippen LogP contribution in [0.15, 0.2) is 60.2 Å². The highest BCUT2D eigenvalue weighted by Crippen LogP contribution is 2.54. The molecule has 0 saturated heterocycles. The van der Waals surface area contributed by atoms with Crippen LogP contribution in [0.2, 0.25) is 0 Å². The molecule has 2 heterocycles. The average Bonchev–Trinajstić information content (AvgIpc) is 3.54. The molecule has 1 aliphatic carbocycles. The quantitative estimate of drug-likeness (QED) is 0.631. The number of aryl methyl sites for hydroxylation is 1. The summed E-state index contributed by atoms with van der Waals surface area (Å²) in [5.41, 5.74) is 1.67. The summed E-state index contributed by atoms with van der Waals surface area (Å²) >= 11 is 0. The van der Waals surface area contributed by atoms with Gasteiger partial charge in [0.2, 0.25) is 13.6 Å². The zero-order valence-electron chi connectivity index (χ0n) is 17.8. The lowest BCUT2D eigenvalue weighted by Gasteiger charge is -2.27. The number of aliphatic hydroxyl groups is 1. The number of carboxylic acid groups (broad SMARTS) is 1. The smallest absolute Gasteiger partial charge is 0.335 e. The predicted octanol–water partition coefficient (Wildman–Crippen LogP) is 3.84. The van der Waals surface area contributed by atoms with Gasteiger partial charge in [-0.2, -0.15) is 0 Å². The normalized spacial score (nSPS) is 19.7. The Morgan fingerprint density at radius 2 is 1.58 bits per heavy atom. The van der Waals surface area contributed by atoms with Crippen molar-refractivity contribution in [1.29, 1.82) is 0 Å². The van der Waals surface area contributed by atoms with Gasteiger partial charge in [0.25, 0.3) is 0 Å². The van der Waals surface area contributed by atoms with Crippen LogP contribution >= 0.6 is 0 Å². The van der Waals surface area contributed by atoms with Gasteiger partial charge in [0.05, 0.1) is 5.57 Å². The molecule has 3 aromatic carbocycles. The van der Waals surface area contributed by atoms with Crippen molar-refractivity contribution < 1.29 is 34.0 Å². The zero-order valence-corrected chi connectivity index (χ0v) is 17.8. The van der Waals surface area contributed by atoms with Crippen LogP contribution in [0, 0.1) is 0 Å². The molecule has 33 heavy (non-hydrogen) atoms. The van der Waals surface area contributed by atoms with E-state index in [1.807, 2.05) is 19.1 Å². The van der Waals surface area contributed by atoms with Crippen molar-refractivity contribution in [1.82, 2.24) is 0 Å². The molecule has 0 amide bonds. The Labute approximate surface area is 189 Å². The molecule has 0 aromatic heterocycles. The number of hydrogen-bond acceptors (Lipinski definition) is 6. The van der Waals surface area contributed by atoms with Crippen LogP contribution in [0.1, 0.15) is 34.7 Å². The molecular formula is C26H20O7. The van der Waals surface area contributed by atoms with Crippen molar-refractivity contribution in [2.75, 3.05) is 13.6 Å². The summed E-state index contributed by atoms with van der Waals surface area (Å²) in [6.07, 6.45) is 0.668. The van der Waals surface area contributed by atoms with Crippen LogP contribution in [0.3, 0.4) is 0 Å². The molecule has 1 unspecified atom stereocenters. The lowest BCUT2D eigenvalue weighted by Crippen LogP contribution is -2.31. The van der Waals surface area contributed by atoms with E-state index in [2.05, 4.69) is 0 Å². The maximum Gasteiger partial charge on any atom is 0.335 e. The number of ether oxygens (including phenoxy) is 4. The fourth-order valence-corrected chi connectivity index (χ4v) is 4.96. The zero-order chi connectivity index (χ0) is 22.7. The summed E-state index contributed by atoms with van der Waals surface area (Å²) in [5, 5.41) is 22.7. The van der Waals surface area contributed by atoms with E-state index in [-0.39, 0.29) is 19.2 Å². The second kappa shape index (κ2) is 7.02. The summed E-state index contributed by atoms with van der Waals surface area (Å²) in [6, 6.07) is 15.9. The Kier molecular flexibility index (Phi) is 4.19. The molecule has 0 saturated carbocycles. The monoisotopic (exact) mass is 444 g/mol. The van der Waals surface area contributed by atoms with Gasteiger partial charge in [-0.05, 0) is 52.9 Å². The number of hydrogen-bond donors (Lipinski definition) is 2. The van der Waals surface area contributed by atoms with Crippen molar-refractivity contribution in [2.45, 2.75) is 18.9 Å². The highest BCUT2D eigenvalue weighted by atomic mass is 16.7. The SMILES string of the molecule is CCc1cccc2c1C(c1ccc3c(c1)OCO3)=C(C(=O)O)C2(O)c1ccc2c(c1)OCO2. The van der Waals surface area contributed by atoms with Crippen molar-refractivity contribution in [3.63, 3.8) is 0 Å². The Balaban J connectivity index is 1.67. The van der Waals surface area contributed by atoms with Gasteiger partial charge < -0.3 is 29.2 Å². The summed E-state index contributed by atoms with van der Waals surface area (Å²) in [6.45, 7) is 2.20. The molecule has 0 spiro atoms. The maximum absolute atomic E-state index is 12.8. The molecule has 7 heteroatoms. The van der Waals surface area contributed by atoms with Crippen molar-refractivity contribution in [2.24, 2.45) is 0 Å². The third-order valence-corrected chi connectivity index (χ3v) is 6.45. The van der Waals surface area contributed by atoms with Crippen LogP contribution in [0.25, 0.3) is 5.57 Å². The third-order valence-electron chi connectivity index (χ3n) is 6.45. The first kappa shape index (κ1) is 19.7. The fourth-order valence-electron chi connectivity index (χ4n) is 4.96. The first-order valence-electron chi connectivity index (χ1n) is 10.7. The average molecular weight is 444 g/mol. The molecule has 0 fully saturated rings. The van der Waals surface area contributed by atoms with E-state index in [1.54, 1.807) is 42.5 Å². The molecular weight excluding hydrogens is 424 g/mol. The van der Waals surface area contributed by atoms with Crippen molar-refractivity contribution in [3.8, 4) is 23.0 Å². The second-order valence-electron chi connectivity index (χ2n) is 8.09. The van der Waals surface area contributed by atoms with E-state index in [4.69, 9.17) is 18.9 Å². The minimum atomic E-state index is -1.89. The van der Waals surface area contributed by atoms with Gasteiger partial charge in [0.1, 0.15) is 5.60 Å². The fraction of sp³-hybridized carbons (Fsp3) is 0.192. The molecule has 2 N–H and O–H groups in total. The van der Waals surface area contributed by atoms with Crippen LogP contribution in [0.4, 0.5) is 0 Å². The van der Waals surface area contributed by atoms with Crippen LogP contribution in [-0.2, 0) is 16.8 Å². The predicted molar refractivity (Wildman–Crippen MR) is 118 cm³/mol. The molecule has 0 bridgehead atoms. The lowest BCUT2D eigenvalue weighted by molar-refractivity contribution is -0.134. The number of rotatable bonds is 4. The first-order valence-corrected chi connectivity index (χ1v) is 10.7. The third kappa shape index (κ3) is 2.69. The molecule has 3 aromatic rings. The summed E-state index contributed by atoms with van der Waals surface area (Å²) in [5.74, 6) is 0.958. The highest BCUT2D eigenvalue weighted by Gasteiger charge is 2.50. The van der Waals surface area contributed by atoms with Crippen LogP contribution < -0.4 is 18.9 Å². The van der Waals surface area contributed by atoms with Gasteiger partial charge in [-0.1, -0.05) is 37.3 Å². The van der Waals surface area contributed by atoms with E-state index >= 15 is 0 Å². The Bertz CT molecular complexity index is 1360. The van der Waals surface area contributed by atoms with Gasteiger partial charge in [0.15, 0.2) is 23.0 Å². The van der Waals surface area contributed by atoms with Gasteiger partial charge in [-0.3, -0.25) is 0 Å². The number of carboxylic acids is 1. The van der Waals surface area contributed by atoms with E-state index < -0.39 is 11.6 Å². The van der Waals surface area contributed by atoms with Gasteiger partial charge in [-0.15, -0.1) is 0 Å². The van der Waals surface area contributed by atoms with Crippen molar-refractivity contribution in [3.05, 3.63) is 88.0 Å². The minimum Gasteiger partial charge on any atom is -0.478 e. The number of benzene rings is 3. The topological polar surface area (TPSA) is 94.5 Å². The first-order chi connectivity index (χ1) is 16.0. The van der Waals surface area contributed by atoms with Gasteiger partial charge in [-0.25, -0.2) is 4.79 Å². The molecule has 1 atom stereocenters. The van der Waals surface area contributed by atoms with Crippen molar-refractivity contribution >= 4 is 11.5 Å². The van der Waals surface area contributed by atoms with Crippen LogP contribution in [-0.4, -0.2) is 29.8 Å². The number of carbonyl (C=O) groups is 1. The second-order valence-corrected chi connectivity index (χ2v) is 8.09.